The van der Waals surface area contributed by atoms with Crippen LogP contribution in [0.1, 0.15) is 24.7 Å². The number of carbonyl (C=O) groups excluding carboxylic acids is 1. The first-order valence-corrected chi connectivity index (χ1v) is 8.01. The van der Waals surface area contributed by atoms with E-state index in [1.165, 1.54) is 0 Å². The predicted molar refractivity (Wildman–Crippen MR) is 83.1 cm³/mol. The molecule has 1 aromatic heterocycles. The van der Waals surface area contributed by atoms with Gasteiger partial charge in [0.1, 0.15) is 5.82 Å². The number of nitrogens with zero attached hydrogens (tertiary/aromatic N) is 2. The number of alkyl halides is 1. The maximum absolute atomic E-state index is 11.3. The van der Waals surface area contributed by atoms with E-state index in [2.05, 4.69) is 36.9 Å². The molecular weight excluding hydrogens is 342 g/mol. The quantitative estimate of drug-likeness (QED) is 0.859. The van der Waals surface area contributed by atoms with Crippen LogP contribution in [-0.4, -0.2) is 27.9 Å². The minimum absolute atomic E-state index is 0.130. The first-order chi connectivity index (χ1) is 9.69. The van der Waals surface area contributed by atoms with Crippen LogP contribution in [0.5, 0.6) is 0 Å². The highest BCUT2D eigenvalue weighted by molar-refractivity contribution is 9.10. The fraction of sp³-hybridized carbons (Fsp3) is 0.429. The summed E-state index contributed by atoms with van der Waals surface area (Å²) in [5.74, 6) is 1.67. The number of aromatic nitrogens is 2. The SMILES string of the molecule is O=C1CCC(n2c(CCCl)nc3ccc(Br)cc32)CN1. The van der Waals surface area contributed by atoms with Gasteiger partial charge in [0.05, 0.1) is 17.1 Å². The van der Waals surface area contributed by atoms with Crippen LogP contribution in [0.3, 0.4) is 0 Å². The van der Waals surface area contributed by atoms with Crippen LogP contribution < -0.4 is 5.32 Å². The lowest BCUT2D eigenvalue weighted by molar-refractivity contribution is -0.122. The highest BCUT2D eigenvalue weighted by Crippen LogP contribution is 2.28. The molecule has 3 rings (SSSR count). The summed E-state index contributed by atoms with van der Waals surface area (Å²) in [6.45, 7) is 0.659. The van der Waals surface area contributed by atoms with Crippen molar-refractivity contribution < 1.29 is 4.79 Å². The molecule has 2 aromatic rings. The van der Waals surface area contributed by atoms with Gasteiger partial charge in [0, 0.05) is 29.7 Å². The molecule has 0 spiro atoms. The number of amides is 1. The molecule has 0 bridgehead atoms. The molecule has 1 aliphatic rings. The smallest absolute Gasteiger partial charge is 0.220 e. The average Bonchev–Trinajstić information content (AvgIpc) is 2.78. The Morgan fingerprint density at radius 1 is 1.50 bits per heavy atom. The molecule has 0 aliphatic carbocycles. The lowest BCUT2D eigenvalue weighted by atomic mass is 10.1. The van der Waals surface area contributed by atoms with Gasteiger partial charge in [-0.1, -0.05) is 15.9 Å². The van der Waals surface area contributed by atoms with Crippen molar-refractivity contribution in [3.63, 3.8) is 0 Å². The van der Waals surface area contributed by atoms with Gasteiger partial charge in [-0.25, -0.2) is 4.98 Å². The largest absolute Gasteiger partial charge is 0.354 e. The maximum Gasteiger partial charge on any atom is 0.220 e. The summed E-state index contributed by atoms with van der Waals surface area (Å²) in [7, 11) is 0. The first-order valence-electron chi connectivity index (χ1n) is 6.68. The van der Waals surface area contributed by atoms with Crippen molar-refractivity contribution in [3.8, 4) is 0 Å². The van der Waals surface area contributed by atoms with Crippen molar-refractivity contribution in [2.24, 2.45) is 0 Å². The van der Waals surface area contributed by atoms with Gasteiger partial charge in [-0.15, -0.1) is 11.6 Å². The molecule has 1 fully saturated rings. The van der Waals surface area contributed by atoms with Gasteiger partial charge in [-0.2, -0.15) is 0 Å². The summed E-state index contributed by atoms with van der Waals surface area (Å²) in [4.78, 5) is 16.0. The third-order valence-electron chi connectivity index (χ3n) is 3.65. The lowest BCUT2D eigenvalue weighted by Crippen LogP contribution is -2.36. The molecule has 6 heteroatoms. The molecule has 0 radical (unpaired) electrons. The van der Waals surface area contributed by atoms with Crippen LogP contribution in [-0.2, 0) is 11.2 Å². The van der Waals surface area contributed by atoms with Gasteiger partial charge in [0.15, 0.2) is 0 Å². The average molecular weight is 357 g/mol. The van der Waals surface area contributed by atoms with Crippen molar-refractivity contribution in [1.29, 1.82) is 0 Å². The van der Waals surface area contributed by atoms with Crippen molar-refractivity contribution in [2.45, 2.75) is 25.3 Å². The molecule has 20 heavy (non-hydrogen) atoms. The van der Waals surface area contributed by atoms with E-state index >= 15 is 0 Å². The van der Waals surface area contributed by atoms with Gasteiger partial charge in [0.2, 0.25) is 5.91 Å². The van der Waals surface area contributed by atoms with Crippen LogP contribution >= 0.6 is 27.5 Å². The zero-order valence-corrected chi connectivity index (χ0v) is 13.2. The van der Waals surface area contributed by atoms with E-state index in [4.69, 9.17) is 11.6 Å². The third-order valence-corrected chi connectivity index (χ3v) is 4.33. The van der Waals surface area contributed by atoms with Crippen molar-refractivity contribution in [2.75, 3.05) is 12.4 Å². The van der Waals surface area contributed by atoms with Gasteiger partial charge < -0.3 is 9.88 Å². The van der Waals surface area contributed by atoms with Gasteiger partial charge in [-0.05, 0) is 24.6 Å². The fourth-order valence-electron chi connectivity index (χ4n) is 2.72. The molecule has 0 saturated carbocycles. The van der Waals surface area contributed by atoms with E-state index in [9.17, 15) is 4.79 Å². The molecule has 1 aliphatic heterocycles. The van der Waals surface area contributed by atoms with Gasteiger partial charge in [-0.3, -0.25) is 4.79 Å². The van der Waals surface area contributed by atoms with Gasteiger partial charge >= 0.3 is 0 Å². The number of hydrogen-bond donors (Lipinski definition) is 1. The number of aryl methyl sites for hydroxylation is 1. The monoisotopic (exact) mass is 355 g/mol. The third kappa shape index (κ3) is 2.56. The zero-order chi connectivity index (χ0) is 14.1. The first kappa shape index (κ1) is 13.9. The number of benzene rings is 1. The summed E-state index contributed by atoms with van der Waals surface area (Å²) >= 11 is 9.41. The summed E-state index contributed by atoms with van der Waals surface area (Å²) in [5, 5.41) is 2.94. The van der Waals surface area contributed by atoms with E-state index < -0.39 is 0 Å². The van der Waals surface area contributed by atoms with E-state index in [-0.39, 0.29) is 11.9 Å². The minimum Gasteiger partial charge on any atom is -0.354 e. The van der Waals surface area contributed by atoms with Crippen molar-refractivity contribution in [1.82, 2.24) is 14.9 Å². The number of piperidine rings is 1. The standard InChI is InChI=1S/C14H15BrClN3O/c15-9-1-3-11-12(7-9)19(13(18-11)5-6-16)10-2-4-14(20)17-8-10/h1,3,7,10H,2,4-6,8H2,(H,17,20). The summed E-state index contributed by atoms with van der Waals surface area (Å²) in [6.07, 6.45) is 2.15. The van der Waals surface area contributed by atoms with Gasteiger partial charge in [0.25, 0.3) is 0 Å². The number of nitrogens with one attached hydrogen (secondary N) is 1. The Balaban J connectivity index is 2.07. The van der Waals surface area contributed by atoms with Crippen LogP contribution in [0, 0.1) is 0 Å². The summed E-state index contributed by atoms with van der Waals surface area (Å²) in [5.41, 5.74) is 2.07. The lowest BCUT2D eigenvalue weighted by Gasteiger charge is -2.26. The number of hydrogen-bond acceptors (Lipinski definition) is 2. The Kier molecular flexibility index (Phi) is 3.98. The fourth-order valence-corrected chi connectivity index (χ4v) is 3.24. The molecule has 1 atom stereocenters. The minimum atomic E-state index is 0.130. The van der Waals surface area contributed by atoms with E-state index in [1.54, 1.807) is 0 Å². The summed E-state index contributed by atoms with van der Waals surface area (Å²) < 4.78 is 3.27. The highest BCUT2D eigenvalue weighted by atomic mass is 79.9. The molecule has 4 nitrogen and oxygen atoms in total. The zero-order valence-electron chi connectivity index (χ0n) is 10.9. The van der Waals surface area contributed by atoms with Crippen LogP contribution in [0.15, 0.2) is 22.7 Å². The second-order valence-electron chi connectivity index (χ2n) is 4.97. The Hall–Kier alpha value is -1.07. The van der Waals surface area contributed by atoms with Crippen LogP contribution in [0.25, 0.3) is 11.0 Å². The second kappa shape index (κ2) is 5.74. The Bertz CT molecular complexity index is 645. The number of carbonyl (C=O) groups is 1. The molecule has 1 N–H and O–H groups in total. The van der Waals surface area contributed by atoms with Crippen LogP contribution in [0.2, 0.25) is 0 Å². The molecule has 1 aromatic carbocycles. The number of imidazole rings is 1. The molecule has 1 amide bonds. The Morgan fingerprint density at radius 2 is 2.35 bits per heavy atom. The number of rotatable bonds is 3. The number of halogens is 2. The second-order valence-corrected chi connectivity index (χ2v) is 6.26. The maximum atomic E-state index is 11.3. The Labute approximate surface area is 130 Å². The predicted octanol–water partition coefficient (Wildman–Crippen LogP) is 3.03. The van der Waals surface area contributed by atoms with E-state index in [1.807, 2.05) is 12.1 Å². The van der Waals surface area contributed by atoms with E-state index in [0.29, 0.717) is 18.8 Å². The highest BCUT2D eigenvalue weighted by Gasteiger charge is 2.23. The van der Waals surface area contributed by atoms with Crippen molar-refractivity contribution >= 4 is 44.5 Å². The normalized spacial score (nSPS) is 19.3. The number of fused-ring (bicyclic) bond motifs is 1. The molecular formula is C14H15BrClN3O. The topological polar surface area (TPSA) is 46.9 Å². The van der Waals surface area contributed by atoms with E-state index in [0.717, 1.165) is 34.2 Å². The molecule has 2 heterocycles. The Morgan fingerprint density at radius 3 is 3.05 bits per heavy atom. The molecule has 1 saturated heterocycles. The van der Waals surface area contributed by atoms with Crippen molar-refractivity contribution in [3.05, 3.63) is 28.5 Å². The van der Waals surface area contributed by atoms with Crippen LogP contribution in [0.4, 0.5) is 0 Å². The molecule has 1 unspecified atom stereocenters. The summed E-state index contributed by atoms with van der Waals surface area (Å²) in [6, 6.07) is 6.34. The molecule has 106 valence electrons.